The van der Waals surface area contributed by atoms with Crippen molar-refractivity contribution >= 4 is 11.3 Å². The first-order valence-electron chi connectivity index (χ1n) is 5.83. The SMILES string of the molecule is CC(C)(C)CNC(c1cccs1)C1CC1. The van der Waals surface area contributed by atoms with Gasteiger partial charge in [0.05, 0.1) is 0 Å². The van der Waals surface area contributed by atoms with Crippen molar-refractivity contribution in [1.82, 2.24) is 5.32 Å². The zero-order chi connectivity index (χ0) is 10.9. The molecule has 2 heteroatoms. The van der Waals surface area contributed by atoms with Gasteiger partial charge in [-0.3, -0.25) is 0 Å². The highest BCUT2D eigenvalue weighted by Crippen LogP contribution is 2.42. The molecule has 15 heavy (non-hydrogen) atoms. The molecule has 0 bridgehead atoms. The Bertz CT molecular complexity index is 293. The minimum Gasteiger partial charge on any atom is -0.308 e. The van der Waals surface area contributed by atoms with Crippen molar-refractivity contribution in [2.24, 2.45) is 11.3 Å². The molecule has 1 aromatic rings. The first-order chi connectivity index (χ1) is 7.06. The highest BCUT2D eigenvalue weighted by molar-refractivity contribution is 7.10. The molecule has 1 heterocycles. The molecule has 0 amide bonds. The molecule has 0 spiro atoms. The normalized spacial score (nSPS) is 19.1. The van der Waals surface area contributed by atoms with E-state index in [-0.39, 0.29) is 0 Å². The Morgan fingerprint density at radius 1 is 1.47 bits per heavy atom. The van der Waals surface area contributed by atoms with Gasteiger partial charge >= 0.3 is 0 Å². The maximum Gasteiger partial charge on any atom is 0.0443 e. The fourth-order valence-electron chi connectivity index (χ4n) is 1.81. The average Bonchev–Trinajstić information content (AvgIpc) is 2.80. The van der Waals surface area contributed by atoms with E-state index < -0.39 is 0 Å². The Balaban J connectivity index is 1.96. The lowest BCUT2D eigenvalue weighted by molar-refractivity contribution is 0.341. The number of hydrogen-bond donors (Lipinski definition) is 1. The molecule has 0 radical (unpaired) electrons. The first kappa shape index (κ1) is 11.2. The van der Waals surface area contributed by atoms with Crippen LogP contribution in [0.5, 0.6) is 0 Å². The maximum absolute atomic E-state index is 3.73. The zero-order valence-corrected chi connectivity index (χ0v) is 10.7. The lowest BCUT2D eigenvalue weighted by atomic mass is 9.96. The number of rotatable bonds is 4. The summed E-state index contributed by atoms with van der Waals surface area (Å²) in [5, 5.41) is 5.92. The van der Waals surface area contributed by atoms with Crippen LogP contribution in [0.25, 0.3) is 0 Å². The molecule has 0 aliphatic heterocycles. The van der Waals surface area contributed by atoms with Crippen molar-refractivity contribution in [2.75, 3.05) is 6.54 Å². The van der Waals surface area contributed by atoms with Gasteiger partial charge < -0.3 is 5.32 Å². The summed E-state index contributed by atoms with van der Waals surface area (Å²) in [5.74, 6) is 0.894. The van der Waals surface area contributed by atoms with Crippen LogP contribution >= 0.6 is 11.3 Å². The van der Waals surface area contributed by atoms with Gasteiger partial charge in [-0.05, 0) is 35.6 Å². The lowest BCUT2D eigenvalue weighted by Gasteiger charge is -2.24. The van der Waals surface area contributed by atoms with Crippen LogP contribution in [-0.2, 0) is 0 Å². The second kappa shape index (κ2) is 4.26. The van der Waals surface area contributed by atoms with Crippen LogP contribution in [0.15, 0.2) is 17.5 Å². The van der Waals surface area contributed by atoms with Gasteiger partial charge in [0.15, 0.2) is 0 Å². The van der Waals surface area contributed by atoms with E-state index in [1.165, 1.54) is 17.7 Å². The smallest absolute Gasteiger partial charge is 0.0443 e. The van der Waals surface area contributed by atoms with E-state index >= 15 is 0 Å². The molecule has 1 aliphatic carbocycles. The third-order valence-electron chi connectivity index (χ3n) is 2.80. The fraction of sp³-hybridized carbons (Fsp3) is 0.692. The highest BCUT2D eigenvalue weighted by Gasteiger charge is 2.33. The molecule has 2 rings (SSSR count). The van der Waals surface area contributed by atoms with Crippen LogP contribution in [0.2, 0.25) is 0 Å². The number of hydrogen-bond acceptors (Lipinski definition) is 2. The van der Waals surface area contributed by atoms with Gasteiger partial charge in [-0.15, -0.1) is 11.3 Å². The molecule has 1 nitrogen and oxygen atoms in total. The zero-order valence-electron chi connectivity index (χ0n) is 9.92. The fourth-order valence-corrected chi connectivity index (χ4v) is 2.71. The molecular weight excluding hydrogens is 202 g/mol. The van der Waals surface area contributed by atoms with Crippen LogP contribution in [-0.4, -0.2) is 6.54 Å². The summed E-state index contributed by atoms with van der Waals surface area (Å²) in [6.45, 7) is 7.97. The first-order valence-corrected chi connectivity index (χ1v) is 6.71. The Labute approximate surface area is 96.9 Å². The summed E-state index contributed by atoms with van der Waals surface area (Å²) in [5.41, 5.74) is 0.379. The minimum absolute atomic E-state index is 0.379. The molecule has 1 aromatic heterocycles. The Morgan fingerprint density at radius 3 is 2.67 bits per heavy atom. The quantitative estimate of drug-likeness (QED) is 0.818. The molecule has 1 saturated carbocycles. The van der Waals surface area contributed by atoms with Gasteiger partial charge in [0.2, 0.25) is 0 Å². The predicted octanol–water partition coefficient (Wildman–Crippen LogP) is 3.83. The second-order valence-corrected chi connectivity index (χ2v) is 6.75. The third-order valence-corrected chi connectivity index (χ3v) is 3.75. The lowest BCUT2D eigenvalue weighted by Crippen LogP contribution is -2.31. The van der Waals surface area contributed by atoms with Gasteiger partial charge in [-0.25, -0.2) is 0 Å². The second-order valence-electron chi connectivity index (χ2n) is 5.77. The van der Waals surface area contributed by atoms with E-state index in [1.807, 2.05) is 11.3 Å². The largest absolute Gasteiger partial charge is 0.308 e. The maximum atomic E-state index is 3.73. The summed E-state index contributed by atoms with van der Waals surface area (Å²) >= 11 is 1.89. The minimum atomic E-state index is 0.379. The van der Waals surface area contributed by atoms with Crippen molar-refractivity contribution in [3.63, 3.8) is 0 Å². The van der Waals surface area contributed by atoms with Crippen molar-refractivity contribution < 1.29 is 0 Å². The van der Waals surface area contributed by atoms with Gasteiger partial charge in [0, 0.05) is 17.5 Å². The van der Waals surface area contributed by atoms with E-state index in [0.29, 0.717) is 11.5 Å². The van der Waals surface area contributed by atoms with Crippen LogP contribution in [0.4, 0.5) is 0 Å². The van der Waals surface area contributed by atoms with Crippen LogP contribution < -0.4 is 5.32 Å². The average molecular weight is 223 g/mol. The summed E-state index contributed by atoms with van der Waals surface area (Å²) in [6, 6.07) is 5.04. The highest BCUT2D eigenvalue weighted by atomic mass is 32.1. The standard InChI is InChI=1S/C13H21NS/c1-13(2,3)9-14-12(10-6-7-10)11-5-4-8-15-11/h4-5,8,10,12,14H,6-7,9H2,1-3H3. The Hall–Kier alpha value is -0.340. The summed E-state index contributed by atoms with van der Waals surface area (Å²) in [7, 11) is 0. The molecule has 0 aromatic carbocycles. The van der Waals surface area contributed by atoms with E-state index in [1.54, 1.807) is 0 Å². The molecule has 84 valence electrons. The van der Waals surface area contributed by atoms with E-state index in [9.17, 15) is 0 Å². The van der Waals surface area contributed by atoms with Crippen molar-refractivity contribution in [1.29, 1.82) is 0 Å². The molecular formula is C13H21NS. The molecule has 1 fully saturated rings. The molecule has 1 unspecified atom stereocenters. The summed E-state index contributed by atoms with van der Waals surface area (Å²) in [6.07, 6.45) is 2.80. The monoisotopic (exact) mass is 223 g/mol. The van der Waals surface area contributed by atoms with Gasteiger partial charge in [-0.2, -0.15) is 0 Å². The Kier molecular flexibility index (Phi) is 3.17. The van der Waals surface area contributed by atoms with E-state index in [2.05, 4.69) is 43.6 Å². The van der Waals surface area contributed by atoms with E-state index in [0.717, 1.165) is 12.5 Å². The van der Waals surface area contributed by atoms with Crippen molar-refractivity contribution in [3.05, 3.63) is 22.4 Å². The molecule has 0 saturated heterocycles. The van der Waals surface area contributed by atoms with Gasteiger partial charge in [0.25, 0.3) is 0 Å². The van der Waals surface area contributed by atoms with Crippen molar-refractivity contribution in [2.45, 2.75) is 39.7 Å². The third kappa shape index (κ3) is 3.32. The van der Waals surface area contributed by atoms with Gasteiger partial charge in [-0.1, -0.05) is 26.8 Å². The van der Waals surface area contributed by atoms with Crippen LogP contribution in [0, 0.1) is 11.3 Å². The van der Waals surface area contributed by atoms with E-state index in [4.69, 9.17) is 0 Å². The number of nitrogens with one attached hydrogen (secondary N) is 1. The Morgan fingerprint density at radius 2 is 2.20 bits per heavy atom. The van der Waals surface area contributed by atoms with Gasteiger partial charge in [0.1, 0.15) is 0 Å². The molecule has 1 aliphatic rings. The number of thiophene rings is 1. The predicted molar refractivity (Wildman–Crippen MR) is 67.2 cm³/mol. The van der Waals surface area contributed by atoms with Crippen molar-refractivity contribution in [3.8, 4) is 0 Å². The molecule has 1 atom stereocenters. The summed E-state index contributed by atoms with van der Waals surface area (Å²) < 4.78 is 0. The van der Waals surface area contributed by atoms with Crippen LogP contribution in [0.3, 0.4) is 0 Å². The summed E-state index contributed by atoms with van der Waals surface area (Å²) in [4.78, 5) is 1.52. The molecule has 1 N–H and O–H groups in total. The van der Waals surface area contributed by atoms with Crippen LogP contribution in [0.1, 0.15) is 44.5 Å². The topological polar surface area (TPSA) is 12.0 Å².